The maximum absolute atomic E-state index is 5.54. The molecule has 0 aliphatic carbocycles. The lowest BCUT2D eigenvalue weighted by Gasteiger charge is -2.07. The Bertz CT molecular complexity index is 590. The van der Waals surface area contributed by atoms with Gasteiger partial charge in [0.15, 0.2) is 0 Å². The van der Waals surface area contributed by atoms with Crippen molar-refractivity contribution in [2.75, 3.05) is 7.11 Å². The highest BCUT2D eigenvalue weighted by molar-refractivity contribution is 6.01. The van der Waals surface area contributed by atoms with Crippen molar-refractivity contribution in [2.45, 2.75) is 18.9 Å². The van der Waals surface area contributed by atoms with Gasteiger partial charge in [0, 0.05) is 12.8 Å². The fourth-order valence-corrected chi connectivity index (χ4v) is 2.37. The molecule has 0 aromatic heterocycles. The highest BCUT2D eigenvalue weighted by Crippen LogP contribution is 2.21. The molecule has 0 bridgehead atoms. The van der Waals surface area contributed by atoms with Crippen LogP contribution in [0.25, 0.3) is 0 Å². The summed E-state index contributed by atoms with van der Waals surface area (Å²) in [5.41, 5.74) is 3.39. The van der Waals surface area contributed by atoms with Crippen LogP contribution in [0.5, 0.6) is 5.75 Å². The molecule has 1 aliphatic rings. The lowest BCUT2D eigenvalue weighted by atomic mass is 10.0. The van der Waals surface area contributed by atoms with Crippen LogP contribution in [0.2, 0.25) is 0 Å². The largest absolute Gasteiger partial charge is 0.497 e. The van der Waals surface area contributed by atoms with E-state index in [2.05, 4.69) is 29.4 Å². The van der Waals surface area contributed by atoms with Gasteiger partial charge in [-0.1, -0.05) is 35.5 Å². The van der Waals surface area contributed by atoms with Gasteiger partial charge < -0.3 is 9.57 Å². The van der Waals surface area contributed by atoms with E-state index in [4.69, 9.17) is 9.57 Å². The Morgan fingerprint density at radius 3 is 2.55 bits per heavy atom. The molecule has 0 amide bonds. The fourth-order valence-electron chi connectivity index (χ4n) is 2.37. The summed E-state index contributed by atoms with van der Waals surface area (Å²) in [7, 11) is 1.67. The number of ether oxygens (including phenoxy) is 1. The molecule has 1 atom stereocenters. The molecular weight excluding hydrogens is 250 g/mol. The van der Waals surface area contributed by atoms with Crippen LogP contribution in [0.3, 0.4) is 0 Å². The molecule has 0 spiro atoms. The van der Waals surface area contributed by atoms with Crippen molar-refractivity contribution in [1.82, 2.24) is 0 Å². The Morgan fingerprint density at radius 1 is 1.10 bits per heavy atom. The van der Waals surface area contributed by atoms with Gasteiger partial charge in [-0.3, -0.25) is 0 Å². The van der Waals surface area contributed by atoms with Gasteiger partial charge in [0.05, 0.1) is 12.8 Å². The maximum atomic E-state index is 5.54. The van der Waals surface area contributed by atoms with Crippen LogP contribution in [0.15, 0.2) is 59.8 Å². The van der Waals surface area contributed by atoms with Gasteiger partial charge in [-0.05, 0) is 35.4 Å². The van der Waals surface area contributed by atoms with Crippen molar-refractivity contribution in [1.29, 1.82) is 0 Å². The van der Waals surface area contributed by atoms with Crippen molar-refractivity contribution >= 4 is 5.71 Å². The van der Waals surface area contributed by atoms with E-state index in [1.807, 2.05) is 30.3 Å². The molecule has 1 unspecified atom stereocenters. The molecule has 0 N–H and O–H groups in total. The Hall–Kier alpha value is -2.29. The number of nitrogens with zero attached hydrogens (tertiary/aromatic N) is 1. The standard InChI is InChI=1S/C17H17NO2/c1-19-15-9-7-14(8-10-15)17-12-16(20-18-17)11-13-5-3-2-4-6-13/h2-10,16H,11-12H2,1H3. The van der Waals surface area contributed by atoms with Crippen molar-refractivity contribution in [2.24, 2.45) is 5.16 Å². The van der Waals surface area contributed by atoms with Crippen molar-refractivity contribution < 1.29 is 9.57 Å². The molecule has 2 aromatic rings. The number of hydrogen-bond acceptors (Lipinski definition) is 3. The predicted molar refractivity (Wildman–Crippen MR) is 79.2 cm³/mol. The number of oxime groups is 1. The Balaban J connectivity index is 1.63. The van der Waals surface area contributed by atoms with Gasteiger partial charge in [0.1, 0.15) is 11.9 Å². The highest BCUT2D eigenvalue weighted by atomic mass is 16.6. The second-order valence-corrected chi connectivity index (χ2v) is 4.89. The van der Waals surface area contributed by atoms with E-state index in [-0.39, 0.29) is 6.10 Å². The van der Waals surface area contributed by atoms with Crippen LogP contribution in [0.4, 0.5) is 0 Å². The molecule has 0 radical (unpaired) electrons. The third-order valence-electron chi connectivity index (χ3n) is 3.46. The topological polar surface area (TPSA) is 30.8 Å². The summed E-state index contributed by atoms with van der Waals surface area (Å²) in [4.78, 5) is 5.54. The lowest BCUT2D eigenvalue weighted by molar-refractivity contribution is 0.0859. The van der Waals surface area contributed by atoms with Crippen LogP contribution in [0.1, 0.15) is 17.5 Å². The molecule has 20 heavy (non-hydrogen) atoms. The quantitative estimate of drug-likeness (QED) is 0.849. The summed E-state index contributed by atoms with van der Waals surface area (Å²) in [6.07, 6.45) is 1.88. The minimum absolute atomic E-state index is 0.134. The van der Waals surface area contributed by atoms with Crippen LogP contribution in [-0.4, -0.2) is 18.9 Å². The zero-order valence-corrected chi connectivity index (χ0v) is 11.5. The number of hydrogen-bond donors (Lipinski definition) is 0. The minimum atomic E-state index is 0.134. The number of methoxy groups -OCH3 is 1. The smallest absolute Gasteiger partial charge is 0.137 e. The van der Waals surface area contributed by atoms with E-state index in [1.54, 1.807) is 7.11 Å². The SMILES string of the molecule is COc1ccc(C2=NOC(Cc3ccccc3)C2)cc1. The molecule has 0 saturated heterocycles. The maximum Gasteiger partial charge on any atom is 0.137 e. The first-order valence-corrected chi connectivity index (χ1v) is 6.76. The third kappa shape index (κ3) is 2.82. The first-order chi connectivity index (χ1) is 9.85. The van der Waals surface area contributed by atoms with Gasteiger partial charge in [0.25, 0.3) is 0 Å². The Morgan fingerprint density at radius 2 is 1.85 bits per heavy atom. The second-order valence-electron chi connectivity index (χ2n) is 4.89. The van der Waals surface area contributed by atoms with E-state index in [0.29, 0.717) is 0 Å². The monoisotopic (exact) mass is 267 g/mol. The summed E-state index contributed by atoms with van der Waals surface area (Å²) in [6, 6.07) is 18.3. The van der Waals surface area contributed by atoms with Crippen LogP contribution in [-0.2, 0) is 11.3 Å². The molecule has 102 valence electrons. The van der Waals surface area contributed by atoms with Crippen LogP contribution < -0.4 is 4.74 Å². The Labute approximate surface area is 118 Å². The third-order valence-corrected chi connectivity index (χ3v) is 3.46. The first-order valence-electron chi connectivity index (χ1n) is 6.76. The van der Waals surface area contributed by atoms with Gasteiger partial charge in [-0.25, -0.2) is 0 Å². The number of benzene rings is 2. The fraction of sp³-hybridized carbons (Fsp3) is 0.235. The molecular formula is C17H17NO2. The average molecular weight is 267 g/mol. The second kappa shape index (κ2) is 5.78. The summed E-state index contributed by atoms with van der Waals surface area (Å²) in [6.45, 7) is 0. The molecule has 0 saturated carbocycles. The van der Waals surface area contributed by atoms with E-state index in [1.165, 1.54) is 5.56 Å². The van der Waals surface area contributed by atoms with Crippen molar-refractivity contribution in [3.05, 3.63) is 65.7 Å². The van der Waals surface area contributed by atoms with Crippen molar-refractivity contribution in [3.63, 3.8) is 0 Å². The minimum Gasteiger partial charge on any atom is -0.497 e. The molecule has 2 aromatic carbocycles. The summed E-state index contributed by atoms with van der Waals surface area (Å²) < 4.78 is 5.16. The molecule has 3 heteroatoms. The van der Waals surface area contributed by atoms with Gasteiger partial charge in [-0.15, -0.1) is 0 Å². The molecule has 3 rings (SSSR count). The molecule has 1 aliphatic heterocycles. The predicted octanol–water partition coefficient (Wildman–Crippen LogP) is 3.43. The first kappa shape index (κ1) is 12.7. The zero-order chi connectivity index (χ0) is 13.8. The molecule has 0 fully saturated rings. The van der Waals surface area contributed by atoms with Gasteiger partial charge in [-0.2, -0.15) is 0 Å². The van der Waals surface area contributed by atoms with Crippen LogP contribution in [0, 0.1) is 0 Å². The van der Waals surface area contributed by atoms with E-state index < -0.39 is 0 Å². The highest BCUT2D eigenvalue weighted by Gasteiger charge is 2.22. The summed E-state index contributed by atoms with van der Waals surface area (Å²) in [5.74, 6) is 0.856. The molecule has 1 heterocycles. The molecule has 3 nitrogen and oxygen atoms in total. The van der Waals surface area contributed by atoms with Crippen LogP contribution >= 0.6 is 0 Å². The lowest BCUT2D eigenvalue weighted by Crippen LogP contribution is -2.11. The Kier molecular flexibility index (Phi) is 3.68. The summed E-state index contributed by atoms with van der Waals surface area (Å²) >= 11 is 0. The normalized spacial score (nSPS) is 17.4. The average Bonchev–Trinajstić information content (AvgIpc) is 2.97. The van der Waals surface area contributed by atoms with Gasteiger partial charge >= 0.3 is 0 Å². The van der Waals surface area contributed by atoms with E-state index >= 15 is 0 Å². The van der Waals surface area contributed by atoms with Gasteiger partial charge in [0.2, 0.25) is 0 Å². The van der Waals surface area contributed by atoms with Crippen molar-refractivity contribution in [3.8, 4) is 5.75 Å². The summed E-state index contributed by atoms with van der Waals surface area (Å²) in [5, 5.41) is 4.21. The van der Waals surface area contributed by atoms with E-state index in [0.717, 1.165) is 29.9 Å². The van der Waals surface area contributed by atoms with E-state index in [9.17, 15) is 0 Å². The number of rotatable bonds is 4. The zero-order valence-electron chi connectivity index (χ0n) is 11.5.